The summed E-state index contributed by atoms with van der Waals surface area (Å²) >= 11 is 0. The van der Waals surface area contributed by atoms with Crippen LogP contribution in [-0.4, -0.2) is 29.3 Å². The zero-order valence-corrected chi connectivity index (χ0v) is 12.2. The standard InChI is InChI=1S/C16H22N4/c1-16(2)8-5-9-17-15(16)11-18-14-10-19-20-13-7-4-3-6-12(13)14/h3-4,6-7,10,15,17H,5,8-9,11H2,1-2H3,(H,18,20). The van der Waals surface area contributed by atoms with Crippen molar-refractivity contribution in [3.8, 4) is 0 Å². The number of hydrogen-bond donors (Lipinski definition) is 2. The highest BCUT2D eigenvalue weighted by molar-refractivity contribution is 5.90. The number of piperidine rings is 1. The first-order valence-electron chi connectivity index (χ1n) is 7.34. The number of nitrogens with zero attached hydrogens (tertiary/aromatic N) is 2. The van der Waals surface area contributed by atoms with Crippen LogP contribution in [0.4, 0.5) is 5.69 Å². The fraction of sp³-hybridized carbons (Fsp3) is 0.500. The van der Waals surface area contributed by atoms with Gasteiger partial charge in [0.1, 0.15) is 0 Å². The van der Waals surface area contributed by atoms with E-state index in [9.17, 15) is 0 Å². The van der Waals surface area contributed by atoms with Gasteiger partial charge in [0.2, 0.25) is 0 Å². The minimum atomic E-state index is 0.335. The fourth-order valence-electron chi connectivity index (χ4n) is 2.98. The van der Waals surface area contributed by atoms with E-state index < -0.39 is 0 Å². The topological polar surface area (TPSA) is 49.8 Å². The Balaban J connectivity index is 1.77. The van der Waals surface area contributed by atoms with Crippen LogP contribution in [0.1, 0.15) is 26.7 Å². The Bertz CT molecular complexity index is 589. The summed E-state index contributed by atoms with van der Waals surface area (Å²) in [7, 11) is 0. The zero-order valence-electron chi connectivity index (χ0n) is 12.2. The summed E-state index contributed by atoms with van der Waals surface area (Å²) in [4.78, 5) is 0. The number of hydrogen-bond acceptors (Lipinski definition) is 4. The maximum Gasteiger partial charge on any atom is 0.0950 e. The molecule has 1 atom stereocenters. The van der Waals surface area contributed by atoms with Gasteiger partial charge in [-0.15, -0.1) is 0 Å². The van der Waals surface area contributed by atoms with Crippen molar-refractivity contribution in [2.75, 3.05) is 18.4 Å². The molecule has 0 radical (unpaired) electrons. The number of anilines is 1. The molecule has 1 saturated heterocycles. The molecule has 1 fully saturated rings. The van der Waals surface area contributed by atoms with Crippen LogP contribution in [0.25, 0.3) is 10.9 Å². The van der Waals surface area contributed by atoms with Gasteiger partial charge in [0.05, 0.1) is 17.4 Å². The molecular formula is C16H22N4. The first-order chi connectivity index (χ1) is 9.67. The molecule has 2 aromatic rings. The zero-order chi connectivity index (χ0) is 14.0. The van der Waals surface area contributed by atoms with Crippen LogP contribution >= 0.6 is 0 Å². The van der Waals surface area contributed by atoms with Gasteiger partial charge in [0, 0.05) is 18.0 Å². The molecule has 1 aliphatic heterocycles. The van der Waals surface area contributed by atoms with Gasteiger partial charge in [-0.2, -0.15) is 10.2 Å². The molecule has 0 amide bonds. The third-order valence-electron chi connectivity index (χ3n) is 4.38. The largest absolute Gasteiger partial charge is 0.382 e. The van der Waals surface area contributed by atoms with E-state index in [1.165, 1.54) is 12.8 Å². The van der Waals surface area contributed by atoms with Crippen LogP contribution in [0.5, 0.6) is 0 Å². The fourth-order valence-corrected chi connectivity index (χ4v) is 2.98. The Hall–Kier alpha value is -1.68. The van der Waals surface area contributed by atoms with Gasteiger partial charge >= 0.3 is 0 Å². The summed E-state index contributed by atoms with van der Waals surface area (Å²) in [5.74, 6) is 0. The van der Waals surface area contributed by atoms with Crippen molar-refractivity contribution in [3.05, 3.63) is 30.5 Å². The van der Waals surface area contributed by atoms with E-state index in [1.807, 2.05) is 24.4 Å². The normalized spacial score (nSPS) is 21.8. The number of fused-ring (bicyclic) bond motifs is 1. The van der Waals surface area contributed by atoms with Crippen molar-refractivity contribution < 1.29 is 0 Å². The average molecular weight is 270 g/mol. The molecule has 20 heavy (non-hydrogen) atoms. The maximum atomic E-state index is 4.16. The SMILES string of the molecule is CC1(C)CCCNC1CNc1cnnc2ccccc12. The smallest absolute Gasteiger partial charge is 0.0950 e. The van der Waals surface area contributed by atoms with E-state index in [1.54, 1.807) is 0 Å². The highest BCUT2D eigenvalue weighted by atomic mass is 15.1. The number of rotatable bonds is 3. The Morgan fingerprint density at radius 3 is 3.05 bits per heavy atom. The van der Waals surface area contributed by atoms with E-state index in [0.29, 0.717) is 11.5 Å². The second kappa shape index (κ2) is 5.37. The van der Waals surface area contributed by atoms with Gasteiger partial charge in [-0.05, 0) is 30.9 Å². The number of nitrogens with one attached hydrogen (secondary N) is 2. The molecule has 0 saturated carbocycles. The van der Waals surface area contributed by atoms with Crippen LogP contribution in [0.2, 0.25) is 0 Å². The third kappa shape index (κ3) is 2.61. The first-order valence-corrected chi connectivity index (χ1v) is 7.34. The Morgan fingerprint density at radius 1 is 1.35 bits per heavy atom. The van der Waals surface area contributed by atoms with Crippen molar-refractivity contribution in [1.82, 2.24) is 15.5 Å². The second-order valence-electron chi connectivity index (χ2n) is 6.26. The minimum Gasteiger partial charge on any atom is -0.382 e. The highest BCUT2D eigenvalue weighted by Gasteiger charge is 2.31. The lowest BCUT2D eigenvalue weighted by Gasteiger charge is -2.39. The van der Waals surface area contributed by atoms with E-state index in [-0.39, 0.29) is 0 Å². The van der Waals surface area contributed by atoms with Gasteiger partial charge in [-0.25, -0.2) is 0 Å². The Morgan fingerprint density at radius 2 is 2.20 bits per heavy atom. The van der Waals surface area contributed by atoms with E-state index in [4.69, 9.17) is 0 Å². The summed E-state index contributed by atoms with van der Waals surface area (Å²) in [5.41, 5.74) is 2.34. The third-order valence-corrected chi connectivity index (χ3v) is 4.38. The van der Waals surface area contributed by atoms with Crippen LogP contribution in [0.3, 0.4) is 0 Å². The molecule has 1 aromatic heterocycles. The molecule has 2 N–H and O–H groups in total. The van der Waals surface area contributed by atoms with Crippen LogP contribution < -0.4 is 10.6 Å². The van der Waals surface area contributed by atoms with Crippen LogP contribution in [-0.2, 0) is 0 Å². The highest BCUT2D eigenvalue weighted by Crippen LogP contribution is 2.30. The van der Waals surface area contributed by atoms with E-state index >= 15 is 0 Å². The molecule has 1 aromatic carbocycles. The van der Waals surface area contributed by atoms with E-state index in [2.05, 4.69) is 40.7 Å². The van der Waals surface area contributed by atoms with Gasteiger partial charge in [-0.3, -0.25) is 0 Å². The van der Waals surface area contributed by atoms with Crippen LogP contribution in [0, 0.1) is 5.41 Å². The molecule has 1 unspecified atom stereocenters. The first kappa shape index (κ1) is 13.3. The van der Waals surface area contributed by atoms with Gasteiger partial charge in [0.25, 0.3) is 0 Å². The molecule has 4 heteroatoms. The Labute approximate surface area is 120 Å². The quantitative estimate of drug-likeness (QED) is 0.900. The summed E-state index contributed by atoms with van der Waals surface area (Å²) in [6.07, 6.45) is 4.36. The molecule has 106 valence electrons. The Kier molecular flexibility index (Phi) is 3.57. The molecule has 2 heterocycles. The molecule has 3 rings (SSSR count). The monoisotopic (exact) mass is 270 g/mol. The van der Waals surface area contributed by atoms with Crippen molar-refractivity contribution in [2.45, 2.75) is 32.7 Å². The van der Waals surface area contributed by atoms with Gasteiger partial charge in [-0.1, -0.05) is 32.0 Å². The van der Waals surface area contributed by atoms with Gasteiger partial charge < -0.3 is 10.6 Å². The predicted molar refractivity (Wildman–Crippen MR) is 82.8 cm³/mol. The molecule has 4 nitrogen and oxygen atoms in total. The summed E-state index contributed by atoms with van der Waals surface area (Å²) in [6.45, 7) is 6.72. The van der Waals surface area contributed by atoms with Crippen molar-refractivity contribution in [2.24, 2.45) is 5.41 Å². The molecule has 0 bridgehead atoms. The number of benzene rings is 1. The summed E-state index contributed by atoms with van der Waals surface area (Å²) in [6, 6.07) is 8.61. The summed E-state index contributed by atoms with van der Waals surface area (Å²) < 4.78 is 0. The van der Waals surface area contributed by atoms with Crippen molar-refractivity contribution in [1.29, 1.82) is 0 Å². The lowest BCUT2D eigenvalue weighted by atomic mass is 9.77. The molecular weight excluding hydrogens is 248 g/mol. The summed E-state index contributed by atoms with van der Waals surface area (Å²) in [5, 5.41) is 16.6. The second-order valence-corrected chi connectivity index (χ2v) is 6.26. The minimum absolute atomic E-state index is 0.335. The van der Waals surface area contributed by atoms with Crippen LogP contribution in [0.15, 0.2) is 30.5 Å². The lowest BCUT2D eigenvalue weighted by molar-refractivity contribution is 0.188. The molecule has 1 aliphatic rings. The predicted octanol–water partition coefficient (Wildman–Crippen LogP) is 2.82. The van der Waals surface area contributed by atoms with Crippen molar-refractivity contribution >= 4 is 16.6 Å². The lowest BCUT2D eigenvalue weighted by Crippen LogP contribution is -2.50. The maximum absolute atomic E-state index is 4.16. The molecule has 0 aliphatic carbocycles. The van der Waals surface area contributed by atoms with E-state index in [0.717, 1.165) is 29.7 Å². The molecule has 0 spiro atoms. The van der Waals surface area contributed by atoms with Gasteiger partial charge in [0.15, 0.2) is 0 Å². The van der Waals surface area contributed by atoms with Crippen molar-refractivity contribution in [3.63, 3.8) is 0 Å². The average Bonchev–Trinajstić information content (AvgIpc) is 2.46. The number of aromatic nitrogens is 2.